The summed E-state index contributed by atoms with van der Waals surface area (Å²) in [6.07, 6.45) is 4.79. The summed E-state index contributed by atoms with van der Waals surface area (Å²) in [4.78, 5) is 27.5. The van der Waals surface area contributed by atoms with Gasteiger partial charge in [0.1, 0.15) is 0 Å². The van der Waals surface area contributed by atoms with Crippen molar-refractivity contribution < 1.29 is 4.79 Å². The van der Waals surface area contributed by atoms with Gasteiger partial charge in [0.2, 0.25) is 0 Å². The van der Waals surface area contributed by atoms with Gasteiger partial charge in [-0.05, 0) is 24.3 Å². The lowest BCUT2D eigenvalue weighted by atomic mass is 10.1. The van der Waals surface area contributed by atoms with Crippen LogP contribution in [0.5, 0.6) is 0 Å². The Hall–Kier alpha value is -3.52. The third-order valence-corrected chi connectivity index (χ3v) is 4.58. The molecule has 0 saturated carbocycles. The first-order chi connectivity index (χ1) is 13.7. The molecular formula is C20H21N7O. The van der Waals surface area contributed by atoms with Gasteiger partial charge in [-0.3, -0.25) is 9.78 Å². The number of rotatable bonds is 4. The maximum atomic E-state index is 12.6. The van der Waals surface area contributed by atoms with Gasteiger partial charge in [-0.2, -0.15) is 0 Å². The Labute approximate surface area is 162 Å². The molecule has 1 aliphatic heterocycles. The summed E-state index contributed by atoms with van der Waals surface area (Å²) in [5.74, 6) is -0.315. The van der Waals surface area contributed by atoms with Crippen LogP contribution >= 0.6 is 0 Å². The number of pyridine rings is 1. The van der Waals surface area contributed by atoms with Crippen LogP contribution in [-0.4, -0.2) is 47.0 Å². The van der Waals surface area contributed by atoms with E-state index in [9.17, 15) is 4.79 Å². The number of aromatic nitrogens is 3. The SMILES string of the molecule is Nc1ncc(-c2cccc(N3CCNCC3)c2)nc1C(=O)Nc1ccncc1. The lowest BCUT2D eigenvalue weighted by Crippen LogP contribution is -2.43. The van der Waals surface area contributed by atoms with E-state index in [2.05, 4.69) is 42.6 Å². The van der Waals surface area contributed by atoms with Crippen molar-refractivity contribution in [3.8, 4) is 11.3 Å². The summed E-state index contributed by atoms with van der Waals surface area (Å²) in [6.45, 7) is 3.84. The highest BCUT2D eigenvalue weighted by Gasteiger charge is 2.16. The van der Waals surface area contributed by atoms with Crippen molar-refractivity contribution in [1.82, 2.24) is 20.3 Å². The van der Waals surface area contributed by atoms with E-state index < -0.39 is 5.91 Å². The fraction of sp³-hybridized carbons (Fsp3) is 0.200. The fourth-order valence-corrected chi connectivity index (χ4v) is 3.12. The molecule has 0 aliphatic carbocycles. The van der Waals surface area contributed by atoms with Crippen molar-refractivity contribution in [2.24, 2.45) is 0 Å². The van der Waals surface area contributed by atoms with Crippen LogP contribution in [0.1, 0.15) is 10.5 Å². The monoisotopic (exact) mass is 375 g/mol. The minimum Gasteiger partial charge on any atom is -0.382 e. The summed E-state index contributed by atoms with van der Waals surface area (Å²) in [5, 5.41) is 6.11. The highest BCUT2D eigenvalue weighted by Crippen LogP contribution is 2.24. The van der Waals surface area contributed by atoms with E-state index in [4.69, 9.17) is 5.73 Å². The Morgan fingerprint density at radius 1 is 1.14 bits per heavy atom. The van der Waals surface area contributed by atoms with Gasteiger partial charge in [0.15, 0.2) is 11.5 Å². The number of benzene rings is 1. The van der Waals surface area contributed by atoms with E-state index in [0.29, 0.717) is 11.4 Å². The molecule has 28 heavy (non-hydrogen) atoms. The number of carbonyl (C=O) groups excluding carboxylic acids is 1. The average molecular weight is 375 g/mol. The summed E-state index contributed by atoms with van der Waals surface area (Å²) >= 11 is 0. The predicted molar refractivity (Wildman–Crippen MR) is 109 cm³/mol. The topological polar surface area (TPSA) is 109 Å². The summed E-state index contributed by atoms with van der Waals surface area (Å²) in [7, 11) is 0. The molecule has 0 atom stereocenters. The second-order valence-electron chi connectivity index (χ2n) is 6.47. The Kier molecular flexibility index (Phi) is 5.11. The number of piperazine rings is 1. The minimum atomic E-state index is -0.406. The number of nitrogens with two attached hydrogens (primary N) is 1. The molecule has 3 heterocycles. The van der Waals surface area contributed by atoms with Crippen LogP contribution in [0.3, 0.4) is 0 Å². The van der Waals surface area contributed by atoms with Crippen molar-refractivity contribution in [1.29, 1.82) is 0 Å². The van der Waals surface area contributed by atoms with Crippen LogP contribution in [0, 0.1) is 0 Å². The first kappa shape index (κ1) is 17.9. The average Bonchev–Trinajstić information content (AvgIpc) is 2.75. The molecular weight excluding hydrogens is 354 g/mol. The van der Waals surface area contributed by atoms with Gasteiger partial charge in [-0.15, -0.1) is 0 Å². The van der Waals surface area contributed by atoms with E-state index in [-0.39, 0.29) is 11.5 Å². The summed E-state index contributed by atoms with van der Waals surface area (Å²) < 4.78 is 0. The number of nitrogen functional groups attached to an aromatic ring is 1. The van der Waals surface area contributed by atoms with Crippen molar-refractivity contribution in [3.63, 3.8) is 0 Å². The highest BCUT2D eigenvalue weighted by molar-refractivity contribution is 6.05. The maximum Gasteiger partial charge on any atom is 0.278 e. The summed E-state index contributed by atoms with van der Waals surface area (Å²) in [6, 6.07) is 11.5. The normalized spacial score (nSPS) is 13.9. The molecule has 1 aliphatic rings. The van der Waals surface area contributed by atoms with Crippen LogP contribution in [0.25, 0.3) is 11.3 Å². The minimum absolute atomic E-state index is 0.0913. The zero-order valence-electron chi connectivity index (χ0n) is 15.3. The summed E-state index contributed by atoms with van der Waals surface area (Å²) in [5.41, 5.74) is 9.24. The molecule has 8 heteroatoms. The van der Waals surface area contributed by atoms with E-state index in [1.165, 1.54) is 0 Å². The smallest absolute Gasteiger partial charge is 0.278 e. The number of nitrogens with one attached hydrogen (secondary N) is 2. The van der Waals surface area contributed by atoms with Crippen LogP contribution in [-0.2, 0) is 0 Å². The maximum absolute atomic E-state index is 12.6. The second kappa shape index (κ2) is 8.01. The third-order valence-electron chi connectivity index (χ3n) is 4.58. The molecule has 0 radical (unpaired) electrons. The zero-order chi connectivity index (χ0) is 19.3. The van der Waals surface area contributed by atoms with Gasteiger partial charge in [0.05, 0.1) is 11.9 Å². The molecule has 0 spiro atoms. The Balaban J connectivity index is 1.61. The van der Waals surface area contributed by atoms with Crippen molar-refractivity contribution in [2.45, 2.75) is 0 Å². The number of amides is 1. The molecule has 4 N–H and O–H groups in total. The van der Waals surface area contributed by atoms with Crippen molar-refractivity contribution >= 4 is 23.1 Å². The zero-order valence-corrected chi connectivity index (χ0v) is 15.3. The highest BCUT2D eigenvalue weighted by atomic mass is 16.1. The van der Waals surface area contributed by atoms with E-state index in [0.717, 1.165) is 37.4 Å². The molecule has 1 amide bonds. The van der Waals surface area contributed by atoms with Crippen LogP contribution < -0.4 is 21.3 Å². The van der Waals surface area contributed by atoms with Gasteiger partial charge in [0, 0.05) is 55.5 Å². The van der Waals surface area contributed by atoms with Crippen molar-refractivity contribution in [3.05, 3.63) is 60.7 Å². The molecule has 1 saturated heterocycles. The van der Waals surface area contributed by atoms with Crippen LogP contribution in [0.4, 0.5) is 17.2 Å². The second-order valence-corrected chi connectivity index (χ2v) is 6.47. The first-order valence-corrected chi connectivity index (χ1v) is 9.11. The number of carbonyl (C=O) groups is 1. The standard InChI is InChI=1S/C20H21N7O/c21-19-18(20(28)25-15-4-6-22-7-5-15)26-17(13-24-19)14-2-1-3-16(12-14)27-10-8-23-9-11-27/h1-7,12-13,23H,8-11H2,(H2,21,24)(H,22,25,28). The lowest BCUT2D eigenvalue weighted by molar-refractivity contribution is 0.102. The van der Waals surface area contributed by atoms with Gasteiger partial charge in [0.25, 0.3) is 5.91 Å². The first-order valence-electron chi connectivity index (χ1n) is 9.11. The van der Waals surface area contributed by atoms with E-state index in [1.807, 2.05) is 12.1 Å². The molecule has 8 nitrogen and oxygen atoms in total. The molecule has 4 rings (SSSR count). The number of hydrogen-bond acceptors (Lipinski definition) is 7. The Morgan fingerprint density at radius 3 is 2.71 bits per heavy atom. The van der Waals surface area contributed by atoms with Gasteiger partial charge in [-0.25, -0.2) is 9.97 Å². The Morgan fingerprint density at radius 2 is 1.93 bits per heavy atom. The largest absolute Gasteiger partial charge is 0.382 e. The number of hydrogen-bond donors (Lipinski definition) is 3. The predicted octanol–water partition coefficient (Wildman–Crippen LogP) is 1.78. The molecule has 0 unspecified atom stereocenters. The van der Waals surface area contributed by atoms with Gasteiger partial charge >= 0.3 is 0 Å². The molecule has 0 bridgehead atoms. The van der Waals surface area contributed by atoms with Crippen molar-refractivity contribution in [2.75, 3.05) is 42.1 Å². The molecule has 1 fully saturated rings. The third kappa shape index (κ3) is 3.91. The molecule has 3 aromatic rings. The van der Waals surface area contributed by atoms with Gasteiger partial charge < -0.3 is 21.3 Å². The van der Waals surface area contributed by atoms with Crippen LogP contribution in [0.15, 0.2) is 55.0 Å². The fourth-order valence-electron chi connectivity index (χ4n) is 3.12. The van der Waals surface area contributed by atoms with E-state index >= 15 is 0 Å². The molecule has 2 aromatic heterocycles. The quantitative estimate of drug-likeness (QED) is 0.638. The van der Waals surface area contributed by atoms with E-state index in [1.54, 1.807) is 30.7 Å². The Bertz CT molecular complexity index is 971. The van der Waals surface area contributed by atoms with Crippen LogP contribution in [0.2, 0.25) is 0 Å². The molecule has 1 aromatic carbocycles. The number of anilines is 3. The molecule has 142 valence electrons. The lowest BCUT2D eigenvalue weighted by Gasteiger charge is -2.29. The number of nitrogens with zero attached hydrogens (tertiary/aromatic N) is 4. The van der Waals surface area contributed by atoms with Gasteiger partial charge in [-0.1, -0.05) is 12.1 Å².